The normalized spacial score (nSPS) is 12.5. The lowest BCUT2D eigenvalue weighted by Crippen LogP contribution is -2.30. The molecular formula is C75H134O6. The fraction of sp³-hybridized carbons (Fsp3) is 0.800. The average Bonchev–Trinajstić information content (AvgIpc) is 3.47. The van der Waals surface area contributed by atoms with Gasteiger partial charge in [-0.3, -0.25) is 14.4 Å². The van der Waals surface area contributed by atoms with Crippen LogP contribution in [-0.2, 0) is 28.6 Å². The van der Waals surface area contributed by atoms with Crippen LogP contribution in [0.4, 0.5) is 0 Å². The molecule has 0 aliphatic rings. The lowest BCUT2D eigenvalue weighted by Gasteiger charge is -2.18. The first-order valence-corrected chi connectivity index (χ1v) is 35.4. The van der Waals surface area contributed by atoms with Crippen LogP contribution in [0.1, 0.15) is 367 Å². The van der Waals surface area contributed by atoms with E-state index in [-0.39, 0.29) is 31.1 Å². The second kappa shape index (κ2) is 69.3. The van der Waals surface area contributed by atoms with Gasteiger partial charge in [-0.1, -0.05) is 331 Å². The monoisotopic (exact) mass is 1130 g/mol. The maximum absolute atomic E-state index is 13.0. The first-order valence-electron chi connectivity index (χ1n) is 35.4. The van der Waals surface area contributed by atoms with E-state index < -0.39 is 6.10 Å². The number of ether oxygens (including phenoxy) is 3. The summed E-state index contributed by atoms with van der Waals surface area (Å²) in [6, 6.07) is 0. The van der Waals surface area contributed by atoms with Crippen molar-refractivity contribution in [2.24, 2.45) is 0 Å². The molecule has 1 atom stereocenters. The molecule has 0 aromatic rings. The number of unbranched alkanes of at least 4 members (excludes halogenated alkanes) is 42. The van der Waals surface area contributed by atoms with Crippen LogP contribution in [0.2, 0.25) is 0 Å². The third-order valence-corrected chi connectivity index (χ3v) is 15.7. The van der Waals surface area contributed by atoms with Gasteiger partial charge in [-0.25, -0.2) is 0 Å². The highest BCUT2D eigenvalue weighted by atomic mass is 16.6. The Morgan fingerprint density at radius 2 is 0.481 bits per heavy atom. The fourth-order valence-electron chi connectivity index (χ4n) is 10.4. The maximum atomic E-state index is 13.0. The second-order valence-electron chi connectivity index (χ2n) is 23.8. The van der Waals surface area contributed by atoms with Crippen molar-refractivity contribution in [2.75, 3.05) is 13.2 Å². The zero-order valence-electron chi connectivity index (χ0n) is 54.1. The van der Waals surface area contributed by atoms with E-state index in [1.54, 1.807) is 0 Å². The summed E-state index contributed by atoms with van der Waals surface area (Å²) in [4.78, 5) is 38.5. The molecule has 0 N–H and O–H groups in total. The third kappa shape index (κ3) is 67.5. The van der Waals surface area contributed by atoms with Crippen molar-refractivity contribution in [1.29, 1.82) is 0 Å². The molecule has 1 unspecified atom stereocenters. The molecule has 6 nitrogen and oxygen atoms in total. The van der Waals surface area contributed by atoms with Gasteiger partial charge in [0.15, 0.2) is 6.10 Å². The number of hydrogen-bond donors (Lipinski definition) is 0. The van der Waals surface area contributed by atoms with Gasteiger partial charge in [-0.15, -0.1) is 0 Å². The van der Waals surface area contributed by atoms with Crippen molar-refractivity contribution < 1.29 is 28.6 Å². The van der Waals surface area contributed by atoms with Crippen LogP contribution < -0.4 is 0 Å². The minimum absolute atomic E-state index is 0.0792. The van der Waals surface area contributed by atoms with E-state index in [0.717, 1.165) is 103 Å². The Labute approximate surface area is 503 Å². The van der Waals surface area contributed by atoms with E-state index in [9.17, 15) is 14.4 Å². The van der Waals surface area contributed by atoms with Crippen LogP contribution in [0, 0.1) is 0 Å². The number of rotatable bonds is 65. The minimum Gasteiger partial charge on any atom is -0.462 e. The fourth-order valence-corrected chi connectivity index (χ4v) is 10.4. The van der Waals surface area contributed by atoms with E-state index in [1.165, 1.54) is 225 Å². The Morgan fingerprint density at radius 1 is 0.259 bits per heavy atom. The molecule has 0 spiro atoms. The Bertz CT molecular complexity index is 1490. The summed E-state index contributed by atoms with van der Waals surface area (Å²) in [6.45, 7) is 6.55. The SMILES string of the molecule is CC/C=C\C/C=C\C/C=C\C/C=C\CCCCCCCCC(=O)OC(COC(=O)CCCCCCCCCCC/C=C\C/C=C\CCCCC)COC(=O)CCCCCCCCCCCCCCCCCCCCCCCCCCC. The van der Waals surface area contributed by atoms with Gasteiger partial charge in [-0.2, -0.15) is 0 Å². The van der Waals surface area contributed by atoms with Crippen LogP contribution in [-0.4, -0.2) is 37.2 Å². The van der Waals surface area contributed by atoms with E-state index in [1.807, 2.05) is 0 Å². The van der Waals surface area contributed by atoms with Crippen molar-refractivity contribution in [3.8, 4) is 0 Å². The summed E-state index contributed by atoms with van der Waals surface area (Å²) >= 11 is 0. The highest BCUT2D eigenvalue weighted by Crippen LogP contribution is 2.18. The number of allylic oxidation sites excluding steroid dienone is 12. The largest absolute Gasteiger partial charge is 0.462 e. The van der Waals surface area contributed by atoms with Gasteiger partial charge in [0.25, 0.3) is 0 Å². The molecule has 0 rings (SSSR count). The van der Waals surface area contributed by atoms with Crippen LogP contribution in [0.25, 0.3) is 0 Å². The summed E-state index contributed by atoms with van der Waals surface area (Å²) in [5.74, 6) is -0.876. The molecule has 0 aliphatic carbocycles. The quantitative estimate of drug-likeness (QED) is 0.0261. The highest BCUT2D eigenvalue weighted by molar-refractivity contribution is 5.71. The molecule has 81 heavy (non-hydrogen) atoms. The smallest absolute Gasteiger partial charge is 0.306 e. The Hall–Kier alpha value is -3.15. The van der Waals surface area contributed by atoms with E-state index in [4.69, 9.17) is 14.2 Å². The van der Waals surface area contributed by atoms with Crippen molar-refractivity contribution in [3.05, 3.63) is 72.9 Å². The van der Waals surface area contributed by atoms with Crippen LogP contribution in [0.3, 0.4) is 0 Å². The second-order valence-corrected chi connectivity index (χ2v) is 23.8. The molecule has 0 bridgehead atoms. The molecule has 0 aromatic carbocycles. The lowest BCUT2D eigenvalue weighted by atomic mass is 10.0. The van der Waals surface area contributed by atoms with Crippen LogP contribution in [0.15, 0.2) is 72.9 Å². The summed E-state index contributed by atoms with van der Waals surface area (Å²) < 4.78 is 17.0. The third-order valence-electron chi connectivity index (χ3n) is 15.7. The summed E-state index contributed by atoms with van der Waals surface area (Å²) in [5, 5.41) is 0. The molecule has 0 amide bonds. The van der Waals surface area contributed by atoms with Gasteiger partial charge in [-0.05, 0) is 89.9 Å². The summed E-state index contributed by atoms with van der Waals surface area (Å²) in [5.41, 5.74) is 0. The van der Waals surface area contributed by atoms with Crippen LogP contribution in [0.5, 0.6) is 0 Å². The molecule has 0 saturated heterocycles. The van der Waals surface area contributed by atoms with Gasteiger partial charge < -0.3 is 14.2 Å². The molecule has 0 aliphatic heterocycles. The predicted molar refractivity (Wildman–Crippen MR) is 353 cm³/mol. The van der Waals surface area contributed by atoms with Gasteiger partial charge in [0.05, 0.1) is 0 Å². The van der Waals surface area contributed by atoms with Gasteiger partial charge in [0, 0.05) is 19.3 Å². The predicted octanol–water partition coefficient (Wildman–Crippen LogP) is 24.4. The minimum atomic E-state index is -0.786. The number of hydrogen-bond acceptors (Lipinski definition) is 6. The van der Waals surface area contributed by atoms with Crippen LogP contribution >= 0.6 is 0 Å². The molecule has 6 heteroatoms. The molecule has 470 valence electrons. The molecule has 0 fully saturated rings. The van der Waals surface area contributed by atoms with Crippen molar-refractivity contribution in [2.45, 2.75) is 374 Å². The Morgan fingerprint density at radius 3 is 0.778 bits per heavy atom. The maximum Gasteiger partial charge on any atom is 0.306 e. The molecule has 0 saturated carbocycles. The van der Waals surface area contributed by atoms with Crippen molar-refractivity contribution in [1.82, 2.24) is 0 Å². The first-order chi connectivity index (χ1) is 40.0. The van der Waals surface area contributed by atoms with Crippen molar-refractivity contribution >= 4 is 17.9 Å². The molecule has 0 aromatic heterocycles. The van der Waals surface area contributed by atoms with E-state index >= 15 is 0 Å². The number of esters is 3. The van der Waals surface area contributed by atoms with Gasteiger partial charge in [0.2, 0.25) is 0 Å². The number of carbonyl (C=O) groups is 3. The molecular weight excluding hydrogens is 997 g/mol. The highest BCUT2D eigenvalue weighted by Gasteiger charge is 2.19. The summed E-state index contributed by atoms with van der Waals surface area (Å²) in [6.07, 6.45) is 90.7. The molecule has 0 radical (unpaired) electrons. The Balaban J connectivity index is 4.33. The van der Waals surface area contributed by atoms with E-state index in [0.29, 0.717) is 19.3 Å². The first kappa shape index (κ1) is 77.9. The summed E-state index contributed by atoms with van der Waals surface area (Å²) in [7, 11) is 0. The zero-order chi connectivity index (χ0) is 58.5. The number of carbonyl (C=O) groups excluding carboxylic acids is 3. The standard InChI is InChI=1S/C75H134O6/c1-4-7-10-13-16-19-22-25-28-31-34-35-36-37-38-39-42-44-47-50-53-56-59-62-65-68-74(77)80-71-72(81-75(78)69-66-63-60-57-54-51-48-45-41-33-30-27-24-21-18-15-12-9-6-3)70-79-73(76)67-64-61-58-55-52-49-46-43-40-32-29-26-23-20-17-14-11-8-5-2/h9,12,17-18,20-21,26-27,29-30,41,45,72H,4-8,10-11,13-16,19,22-25,28,31-40,42-44,46-71H2,1-3H3/b12-9-,20-17-,21-18-,29-26-,30-27-,45-41-. The topological polar surface area (TPSA) is 78.9 Å². The lowest BCUT2D eigenvalue weighted by molar-refractivity contribution is -0.167. The molecule has 0 heterocycles. The Kier molecular flexibility index (Phi) is 66.6. The average molecular weight is 1130 g/mol. The van der Waals surface area contributed by atoms with Gasteiger partial charge >= 0.3 is 17.9 Å². The van der Waals surface area contributed by atoms with Crippen molar-refractivity contribution in [3.63, 3.8) is 0 Å². The van der Waals surface area contributed by atoms with Gasteiger partial charge in [0.1, 0.15) is 13.2 Å². The van der Waals surface area contributed by atoms with E-state index in [2.05, 4.69) is 93.7 Å². The zero-order valence-corrected chi connectivity index (χ0v) is 54.1.